The topological polar surface area (TPSA) is 50.1 Å². The van der Waals surface area contributed by atoms with Crippen LogP contribution in [0.4, 0.5) is 26.3 Å². The number of hydrogen-bond acceptors (Lipinski definition) is 3. The number of nitrogens with zero attached hydrogens (tertiary/aromatic N) is 1. The van der Waals surface area contributed by atoms with Gasteiger partial charge in [0.25, 0.3) is 0 Å². The maximum Gasteiger partial charge on any atom is 0.418 e. The van der Waals surface area contributed by atoms with E-state index in [1.807, 2.05) is 0 Å². The third-order valence-electron chi connectivity index (χ3n) is 2.56. The molecule has 1 aromatic carbocycles. The summed E-state index contributed by atoms with van der Waals surface area (Å²) in [7, 11) is 0. The Morgan fingerprint density at radius 2 is 1.77 bits per heavy atom. The number of halogens is 6. The van der Waals surface area contributed by atoms with Crippen molar-refractivity contribution < 1.29 is 35.9 Å². The molecule has 9 heteroatoms. The Bertz CT molecular complexity index is 613. The molecule has 0 bridgehead atoms. The number of nitriles is 1. The van der Waals surface area contributed by atoms with Crippen molar-refractivity contribution in [2.45, 2.75) is 25.7 Å². The summed E-state index contributed by atoms with van der Waals surface area (Å²) in [5, 5.41) is 8.70. The van der Waals surface area contributed by atoms with E-state index in [4.69, 9.17) is 5.26 Å². The van der Waals surface area contributed by atoms with E-state index in [9.17, 15) is 31.1 Å². The third kappa shape index (κ3) is 4.13. The summed E-state index contributed by atoms with van der Waals surface area (Å²) in [6, 6.07) is 1.90. The normalized spacial score (nSPS) is 11.9. The van der Waals surface area contributed by atoms with E-state index in [1.165, 1.54) is 6.92 Å². The number of carbonyl (C=O) groups excluding carboxylic acids is 1. The predicted octanol–water partition coefficient (Wildman–Crippen LogP) is 3.70. The minimum absolute atomic E-state index is 0.0310. The second kappa shape index (κ2) is 6.25. The van der Waals surface area contributed by atoms with Crippen LogP contribution in [0.5, 0.6) is 0 Å². The molecule has 0 aliphatic carbocycles. The zero-order valence-corrected chi connectivity index (χ0v) is 11.1. The number of benzene rings is 1. The van der Waals surface area contributed by atoms with Crippen molar-refractivity contribution in [2.24, 2.45) is 0 Å². The van der Waals surface area contributed by atoms with Crippen molar-refractivity contribution in [3.63, 3.8) is 0 Å². The van der Waals surface area contributed by atoms with Gasteiger partial charge in [-0.25, -0.2) is 0 Å². The highest BCUT2D eigenvalue weighted by atomic mass is 19.4. The first-order chi connectivity index (χ1) is 10.0. The van der Waals surface area contributed by atoms with Gasteiger partial charge in [-0.1, -0.05) is 0 Å². The van der Waals surface area contributed by atoms with Gasteiger partial charge in [-0.3, -0.25) is 4.79 Å². The molecule has 0 radical (unpaired) electrons. The maximum absolute atomic E-state index is 12.8. The fraction of sp³-hybridized carbons (Fsp3) is 0.385. The zero-order chi connectivity index (χ0) is 17.1. The smallest absolute Gasteiger partial charge is 0.418 e. The lowest BCUT2D eigenvalue weighted by atomic mass is 9.96. The van der Waals surface area contributed by atoms with Crippen molar-refractivity contribution in [3.05, 3.63) is 34.4 Å². The molecule has 1 rings (SSSR count). The zero-order valence-electron chi connectivity index (χ0n) is 11.1. The molecule has 0 fully saturated rings. The van der Waals surface area contributed by atoms with E-state index >= 15 is 0 Å². The molecule has 3 nitrogen and oxygen atoms in total. The SMILES string of the molecule is CCOC(=O)Cc1cc(C#N)c(C(F)(F)F)c(C(F)(F)F)c1. The summed E-state index contributed by atoms with van der Waals surface area (Å²) in [6.07, 6.45) is -11.3. The number of ether oxygens (including phenoxy) is 1. The van der Waals surface area contributed by atoms with Crippen molar-refractivity contribution in [1.82, 2.24) is 0 Å². The summed E-state index contributed by atoms with van der Waals surface area (Å²) >= 11 is 0. The molecular weight excluding hydrogens is 316 g/mol. The maximum atomic E-state index is 12.8. The van der Waals surface area contributed by atoms with E-state index < -0.39 is 41.4 Å². The molecule has 0 atom stereocenters. The van der Waals surface area contributed by atoms with E-state index in [1.54, 1.807) is 0 Å². The number of hydrogen-bond donors (Lipinski definition) is 0. The molecule has 0 aliphatic rings. The van der Waals surface area contributed by atoms with Crippen LogP contribution in [-0.2, 0) is 28.3 Å². The molecule has 0 saturated carbocycles. The van der Waals surface area contributed by atoms with Gasteiger partial charge in [0.05, 0.1) is 35.8 Å². The number of esters is 1. The number of alkyl halides is 6. The van der Waals surface area contributed by atoms with Crippen molar-refractivity contribution in [1.29, 1.82) is 5.26 Å². The summed E-state index contributed by atoms with van der Waals surface area (Å²) < 4.78 is 81.4. The van der Waals surface area contributed by atoms with Crippen LogP contribution in [0.25, 0.3) is 0 Å². The fourth-order valence-electron chi connectivity index (χ4n) is 1.80. The van der Waals surface area contributed by atoms with E-state index in [2.05, 4.69) is 4.74 Å². The van der Waals surface area contributed by atoms with Crippen molar-refractivity contribution in [3.8, 4) is 6.07 Å². The summed E-state index contributed by atoms with van der Waals surface area (Å²) in [5.41, 5.74) is -5.63. The second-order valence-electron chi connectivity index (χ2n) is 4.16. The van der Waals surface area contributed by atoms with E-state index in [-0.39, 0.29) is 18.2 Å². The molecule has 0 saturated heterocycles. The minimum Gasteiger partial charge on any atom is -0.466 e. The van der Waals surface area contributed by atoms with Crippen LogP contribution >= 0.6 is 0 Å². The molecule has 0 N–H and O–H groups in total. The van der Waals surface area contributed by atoms with E-state index in [0.29, 0.717) is 6.07 Å². The van der Waals surface area contributed by atoms with Gasteiger partial charge in [-0.05, 0) is 24.6 Å². The van der Waals surface area contributed by atoms with Gasteiger partial charge in [0.1, 0.15) is 0 Å². The third-order valence-corrected chi connectivity index (χ3v) is 2.56. The molecule has 0 unspecified atom stereocenters. The largest absolute Gasteiger partial charge is 0.466 e. The number of rotatable bonds is 3. The predicted molar refractivity (Wildman–Crippen MR) is 61.5 cm³/mol. The molecule has 22 heavy (non-hydrogen) atoms. The summed E-state index contributed by atoms with van der Waals surface area (Å²) in [4.78, 5) is 11.2. The number of carbonyl (C=O) groups is 1. The Morgan fingerprint density at radius 1 is 1.18 bits per heavy atom. The van der Waals surface area contributed by atoms with Crippen molar-refractivity contribution in [2.75, 3.05) is 6.61 Å². The van der Waals surface area contributed by atoms with Gasteiger partial charge in [0.2, 0.25) is 0 Å². The lowest BCUT2D eigenvalue weighted by Gasteiger charge is -2.18. The van der Waals surface area contributed by atoms with Crippen LogP contribution in [0, 0.1) is 11.3 Å². The standard InChI is InChI=1S/C13H9F6NO2/c1-2-22-10(21)5-7-3-8(6-20)11(13(17,18)19)9(4-7)12(14,15)16/h3-4H,2,5H2,1H3. The quantitative estimate of drug-likeness (QED) is 0.629. The first-order valence-corrected chi connectivity index (χ1v) is 5.87. The molecule has 0 spiro atoms. The van der Waals surface area contributed by atoms with Crippen LogP contribution in [0.3, 0.4) is 0 Å². The Balaban J connectivity index is 3.50. The van der Waals surface area contributed by atoms with Crippen molar-refractivity contribution >= 4 is 5.97 Å². The first-order valence-electron chi connectivity index (χ1n) is 5.87. The van der Waals surface area contributed by atoms with Gasteiger partial charge in [-0.15, -0.1) is 0 Å². The highest BCUT2D eigenvalue weighted by Crippen LogP contribution is 2.42. The van der Waals surface area contributed by atoms with Gasteiger partial charge < -0.3 is 4.74 Å². The Morgan fingerprint density at radius 3 is 2.18 bits per heavy atom. The van der Waals surface area contributed by atoms with Gasteiger partial charge in [0.15, 0.2) is 0 Å². The molecule has 0 aliphatic heterocycles. The van der Waals surface area contributed by atoms with Gasteiger partial charge in [0, 0.05) is 0 Å². The monoisotopic (exact) mass is 325 g/mol. The van der Waals surface area contributed by atoms with Gasteiger partial charge in [-0.2, -0.15) is 31.6 Å². The average Bonchev–Trinajstić information content (AvgIpc) is 2.35. The van der Waals surface area contributed by atoms with Gasteiger partial charge >= 0.3 is 18.3 Å². The molecule has 0 heterocycles. The van der Waals surface area contributed by atoms with Crippen LogP contribution in [-0.4, -0.2) is 12.6 Å². The molecule has 0 aromatic heterocycles. The summed E-state index contributed by atoms with van der Waals surface area (Å²) in [5.74, 6) is -0.903. The van der Waals surface area contributed by atoms with Crippen LogP contribution in [0.2, 0.25) is 0 Å². The highest BCUT2D eigenvalue weighted by Gasteiger charge is 2.45. The second-order valence-corrected chi connectivity index (χ2v) is 4.16. The van der Waals surface area contributed by atoms with E-state index in [0.717, 1.165) is 6.07 Å². The Kier molecular flexibility index (Phi) is 5.06. The highest BCUT2D eigenvalue weighted by molar-refractivity contribution is 5.73. The molecule has 120 valence electrons. The van der Waals surface area contributed by atoms with Crippen LogP contribution in [0.15, 0.2) is 12.1 Å². The lowest BCUT2D eigenvalue weighted by Crippen LogP contribution is -2.19. The van der Waals surface area contributed by atoms with Crippen LogP contribution in [0.1, 0.15) is 29.2 Å². The lowest BCUT2D eigenvalue weighted by molar-refractivity contribution is -0.162. The summed E-state index contributed by atoms with van der Waals surface area (Å²) in [6.45, 7) is 1.43. The molecular formula is C13H9F6NO2. The fourth-order valence-corrected chi connectivity index (χ4v) is 1.80. The Hall–Kier alpha value is -2.24. The minimum atomic E-state index is -5.35. The molecule has 1 aromatic rings. The van der Waals surface area contributed by atoms with Crippen LogP contribution < -0.4 is 0 Å². The average molecular weight is 325 g/mol. The first kappa shape index (κ1) is 17.8. The Labute approximate surface area is 121 Å². The molecule has 0 amide bonds.